The van der Waals surface area contributed by atoms with Crippen LogP contribution in [0.25, 0.3) is 22.3 Å². The predicted molar refractivity (Wildman–Crippen MR) is 350 cm³/mol. The summed E-state index contributed by atoms with van der Waals surface area (Å²) in [5.74, 6) is 1.06. The summed E-state index contributed by atoms with van der Waals surface area (Å²) in [4.78, 5) is 70.0. The summed E-state index contributed by atoms with van der Waals surface area (Å²) in [7, 11) is -9.55. The molecule has 0 fully saturated rings. The lowest BCUT2D eigenvalue weighted by atomic mass is 9.68. The number of phenols is 4. The summed E-state index contributed by atoms with van der Waals surface area (Å²) >= 11 is 0. The quantitative estimate of drug-likeness (QED) is 0.0528. The number of ether oxygens (including phenoxy) is 2. The summed E-state index contributed by atoms with van der Waals surface area (Å²) < 4.78 is 16.0. The van der Waals surface area contributed by atoms with E-state index in [-0.39, 0.29) is 34.5 Å². The highest BCUT2D eigenvalue weighted by atomic mass is 31.2. The van der Waals surface area contributed by atoms with Crippen LogP contribution in [0.5, 0.6) is 46.0 Å². The van der Waals surface area contributed by atoms with Crippen molar-refractivity contribution in [2.45, 2.75) is 248 Å². The van der Waals surface area contributed by atoms with Gasteiger partial charge in [-0.25, -0.2) is 0 Å². The van der Waals surface area contributed by atoms with Crippen molar-refractivity contribution in [2.24, 2.45) is 0 Å². The molecule has 12 nitrogen and oxygen atoms in total. The van der Waals surface area contributed by atoms with Gasteiger partial charge in [-0.3, -0.25) is 0 Å². The van der Waals surface area contributed by atoms with Crippen molar-refractivity contribution in [1.82, 2.24) is 0 Å². The molecule has 14 heteroatoms. The maximum Gasteiger partial charge on any atom is 0.404 e. The Labute approximate surface area is 505 Å². The zero-order chi connectivity index (χ0) is 65.2. The van der Waals surface area contributed by atoms with Crippen LogP contribution in [0, 0.1) is 0 Å². The molecule has 0 aromatic heterocycles. The Balaban J connectivity index is 2.58. The average Bonchev–Trinajstić information content (AvgIpc) is 3.22. The summed E-state index contributed by atoms with van der Waals surface area (Å²) in [6.45, 7) is 55.2. The van der Waals surface area contributed by atoms with Gasteiger partial charge in [0.2, 0.25) is 0 Å². The van der Waals surface area contributed by atoms with E-state index < -0.39 is 82.4 Å². The zero-order valence-corrected chi connectivity index (χ0v) is 58.0. The number of hydrogen-bond acceptors (Lipinski definition) is 12. The molecule has 10 N–H and O–H groups in total. The van der Waals surface area contributed by atoms with Gasteiger partial charge in [-0.05, 0) is 125 Å². The minimum absolute atomic E-state index is 0.0279. The third-order valence-electron chi connectivity index (χ3n) is 15.9. The van der Waals surface area contributed by atoms with E-state index >= 15 is 0 Å². The fraction of sp³-hybridized carbons (Fsp3) is 0.571. The molecule has 0 radical (unpaired) electrons. The summed E-state index contributed by atoms with van der Waals surface area (Å²) in [5, 5.41) is 48.7. The molecule has 5 aromatic carbocycles. The zero-order valence-electron chi connectivity index (χ0n) is 56.2. The molecule has 466 valence electrons. The van der Waals surface area contributed by atoms with Gasteiger partial charge < -0.3 is 29.9 Å². The molecule has 5 rings (SSSR count). The van der Waals surface area contributed by atoms with Crippen molar-refractivity contribution in [3.05, 3.63) is 104 Å². The Kier molecular flexibility index (Phi) is 18.6. The van der Waals surface area contributed by atoms with Gasteiger partial charge in [-0.1, -0.05) is 194 Å². The molecule has 0 bridgehead atoms. The fourth-order valence-electron chi connectivity index (χ4n) is 11.9. The van der Waals surface area contributed by atoms with Gasteiger partial charge in [0.25, 0.3) is 0 Å². The summed E-state index contributed by atoms with van der Waals surface area (Å²) in [6, 6.07) is 14.5. The molecule has 0 saturated heterocycles. The van der Waals surface area contributed by atoms with Gasteiger partial charge >= 0.3 is 15.9 Å². The Bertz CT molecular complexity index is 3080. The van der Waals surface area contributed by atoms with Crippen LogP contribution >= 0.6 is 15.9 Å². The standard InChI is InChI=1S/C70H104O12P2/c1-61(2,3)41-31-49(71)43(63(7,8)9)29-39(41)55-57(69(25,26)37-83(75,76)77)60(82-54-36-46(66(16,17)18)52(74)34-48(54)68(22,23)24)56(40-30-44(64(10,11)12)50(72)32-42(40)62(4,5)6)58(70(27,28)38-84(78,79)80)59(55)81-53-35-45(65(13,14)15)51(73)33-47(53)67(19,20)21/h29-36,75-80H,37-38H2,1-28H3,(H2-2,71,72,73,74)/p+2. The Morgan fingerprint density at radius 2 is 0.488 bits per heavy atom. The number of hydrogen-bond donors (Lipinski definition) is 10. The fourth-order valence-corrected chi connectivity index (χ4v) is 14.3. The van der Waals surface area contributed by atoms with Crippen LogP contribution in [-0.2, 0) is 54.1 Å². The molecule has 0 saturated carbocycles. The Morgan fingerprint density at radius 1 is 0.286 bits per heavy atom. The predicted octanol–water partition coefficient (Wildman–Crippen LogP) is 17.8. The second-order valence-electron chi connectivity index (χ2n) is 33.4. The lowest BCUT2D eigenvalue weighted by molar-refractivity contribution is 0.312. The van der Waals surface area contributed by atoms with Crippen LogP contribution in [0.2, 0.25) is 0 Å². The third-order valence-corrected chi connectivity index (χ3v) is 18.3. The number of phenolic OH excluding ortho intramolecular Hbond substituents is 4. The molecule has 0 aliphatic heterocycles. The lowest BCUT2D eigenvalue weighted by Gasteiger charge is -2.40. The van der Waals surface area contributed by atoms with E-state index in [1.165, 1.54) is 0 Å². The first kappa shape index (κ1) is 70.3. The van der Waals surface area contributed by atoms with E-state index in [1.807, 2.05) is 190 Å². The van der Waals surface area contributed by atoms with Crippen molar-refractivity contribution in [3.8, 4) is 68.2 Å². The maximum absolute atomic E-state index is 12.3. The van der Waals surface area contributed by atoms with Gasteiger partial charge in [0.1, 0.15) is 58.3 Å². The highest BCUT2D eigenvalue weighted by Crippen LogP contribution is 2.65. The van der Waals surface area contributed by atoms with Crippen LogP contribution < -0.4 is 9.47 Å². The smallest absolute Gasteiger partial charge is 0.404 e. The first-order chi connectivity index (χ1) is 37.1. The molecule has 0 unspecified atom stereocenters. The van der Waals surface area contributed by atoms with E-state index in [4.69, 9.17) is 9.47 Å². The van der Waals surface area contributed by atoms with Gasteiger partial charge in [-0.2, -0.15) is 29.4 Å². The van der Waals surface area contributed by atoms with E-state index in [2.05, 4.69) is 0 Å². The largest absolute Gasteiger partial charge is 0.508 e. The van der Waals surface area contributed by atoms with Gasteiger partial charge in [-0.15, -0.1) is 0 Å². The summed E-state index contributed by atoms with van der Waals surface area (Å²) in [6.07, 6.45) is -1.24. The molecule has 0 amide bonds. The second-order valence-corrected chi connectivity index (χ2v) is 36.8. The van der Waals surface area contributed by atoms with Gasteiger partial charge in [0.15, 0.2) is 0 Å². The van der Waals surface area contributed by atoms with Crippen LogP contribution in [0.15, 0.2) is 48.5 Å². The van der Waals surface area contributed by atoms with Crippen molar-refractivity contribution in [1.29, 1.82) is 0 Å². The number of rotatable bonds is 12. The highest BCUT2D eigenvalue weighted by Gasteiger charge is 2.51. The topological polar surface area (TPSA) is 221 Å². The molecule has 84 heavy (non-hydrogen) atoms. The van der Waals surface area contributed by atoms with Crippen molar-refractivity contribution in [3.63, 3.8) is 0 Å². The Hall–Kier alpha value is -4.48. The summed E-state index contributed by atoms with van der Waals surface area (Å²) in [5.41, 5.74) is -1.74. The normalized spacial score (nSPS) is 14.1. The van der Waals surface area contributed by atoms with Gasteiger partial charge in [0, 0.05) is 55.3 Å². The van der Waals surface area contributed by atoms with E-state index in [9.17, 15) is 49.8 Å². The van der Waals surface area contributed by atoms with E-state index in [1.54, 1.807) is 52.0 Å². The van der Waals surface area contributed by atoms with Crippen LogP contribution in [0.1, 0.15) is 249 Å². The van der Waals surface area contributed by atoms with Gasteiger partial charge in [0.05, 0.1) is 0 Å². The minimum atomic E-state index is -4.78. The van der Waals surface area contributed by atoms with E-state index in [0.717, 1.165) is 0 Å². The van der Waals surface area contributed by atoms with Crippen molar-refractivity contribution >= 4 is 15.9 Å². The third kappa shape index (κ3) is 15.4. The molecular weight excluding hydrogens is 1090 g/mol. The second kappa shape index (κ2) is 22.3. The van der Waals surface area contributed by atoms with E-state index in [0.29, 0.717) is 89.4 Å². The SMILES string of the molecule is CC(C)(C)c1cc(Oc2c(-c3cc(C(C)(C)C)c(O)cc3C(C)(C)C)c(C(C)(C)C[P+](O)(O)O)c(Oc3cc(C(C)(C)C)c(O)cc3C(C)(C)C)c(-c3cc(C(C)(C)C)c(O)cc3C(C)(C)C)c2C(C)(C)C[P+](O)(O)O)c(C(C)(C)C)cc1O. The molecule has 0 aliphatic rings. The molecule has 5 aromatic rings. The van der Waals surface area contributed by atoms with Crippen molar-refractivity contribution in [2.75, 3.05) is 12.3 Å². The van der Waals surface area contributed by atoms with Crippen molar-refractivity contribution < 1.29 is 59.3 Å². The number of benzene rings is 5. The lowest BCUT2D eigenvalue weighted by Crippen LogP contribution is -2.31. The molecule has 0 aliphatic carbocycles. The maximum atomic E-state index is 12.3. The van der Waals surface area contributed by atoms with Crippen LogP contribution in [0.4, 0.5) is 0 Å². The Morgan fingerprint density at radius 3 is 0.690 bits per heavy atom. The minimum Gasteiger partial charge on any atom is -0.508 e. The molecular formula is C70H106O12P2+2. The first-order valence-electron chi connectivity index (χ1n) is 29.4. The highest BCUT2D eigenvalue weighted by molar-refractivity contribution is 7.58. The number of aromatic hydroxyl groups is 4. The molecule has 0 atom stereocenters. The molecule has 0 spiro atoms. The monoisotopic (exact) mass is 1200 g/mol. The first-order valence-corrected chi connectivity index (χ1v) is 33.0. The molecule has 0 heterocycles. The van der Waals surface area contributed by atoms with Crippen LogP contribution in [0.3, 0.4) is 0 Å². The van der Waals surface area contributed by atoms with Crippen LogP contribution in [-0.4, -0.2) is 62.1 Å². The average molecular weight is 1200 g/mol.